The zero-order chi connectivity index (χ0) is 21.7. The third-order valence-electron chi connectivity index (χ3n) is 5.55. The van der Waals surface area contributed by atoms with Gasteiger partial charge in [-0.1, -0.05) is 76.9 Å². The highest BCUT2D eigenvalue weighted by Gasteiger charge is 2.18. The summed E-state index contributed by atoms with van der Waals surface area (Å²) in [6, 6.07) is 12.0. The summed E-state index contributed by atoms with van der Waals surface area (Å²) in [4.78, 5) is 0. The van der Waals surface area contributed by atoms with Gasteiger partial charge in [-0.05, 0) is 65.5 Å². The Balaban J connectivity index is 2.02. The van der Waals surface area contributed by atoms with Crippen LogP contribution in [0.3, 0.4) is 0 Å². The van der Waals surface area contributed by atoms with Crippen molar-refractivity contribution in [1.29, 1.82) is 0 Å². The summed E-state index contributed by atoms with van der Waals surface area (Å²) in [7, 11) is 0. The molecule has 0 bridgehead atoms. The molecule has 2 aromatic carbocycles. The van der Waals surface area contributed by atoms with Crippen LogP contribution in [0.15, 0.2) is 36.4 Å². The molecule has 0 radical (unpaired) electrons. The SMILES string of the molecule is CCC(C)(C)COc1ccc(Cc2ccc(OCC(C)(C)CC)c(Cl)c2)cc1Cl. The number of rotatable bonds is 10. The molecule has 160 valence electrons. The largest absolute Gasteiger partial charge is 0.491 e. The minimum atomic E-state index is 0.134. The molecule has 2 nitrogen and oxygen atoms in total. The summed E-state index contributed by atoms with van der Waals surface area (Å²) in [5.41, 5.74) is 2.51. The lowest BCUT2D eigenvalue weighted by Crippen LogP contribution is -2.20. The molecule has 4 heteroatoms. The Hall–Kier alpha value is -1.38. The maximum Gasteiger partial charge on any atom is 0.137 e. The van der Waals surface area contributed by atoms with Gasteiger partial charge < -0.3 is 9.47 Å². The molecule has 0 aliphatic carbocycles. The van der Waals surface area contributed by atoms with Crippen molar-refractivity contribution in [3.05, 3.63) is 57.6 Å². The molecule has 0 fully saturated rings. The number of halogens is 2. The maximum atomic E-state index is 6.45. The molecule has 0 amide bonds. The molecular weight excluding hydrogens is 403 g/mol. The predicted molar refractivity (Wildman–Crippen MR) is 125 cm³/mol. The average Bonchev–Trinajstić information content (AvgIpc) is 2.67. The summed E-state index contributed by atoms with van der Waals surface area (Å²) >= 11 is 12.9. The monoisotopic (exact) mass is 436 g/mol. The lowest BCUT2D eigenvalue weighted by molar-refractivity contribution is 0.175. The summed E-state index contributed by atoms with van der Waals surface area (Å²) in [5, 5.41) is 1.28. The van der Waals surface area contributed by atoms with Crippen LogP contribution >= 0.6 is 23.2 Å². The molecule has 0 aromatic heterocycles. The highest BCUT2D eigenvalue weighted by atomic mass is 35.5. The van der Waals surface area contributed by atoms with E-state index in [9.17, 15) is 0 Å². The maximum absolute atomic E-state index is 6.45. The molecule has 0 aliphatic rings. The Bertz CT molecular complexity index is 745. The topological polar surface area (TPSA) is 18.5 Å². The van der Waals surface area contributed by atoms with E-state index in [-0.39, 0.29) is 10.8 Å². The summed E-state index contributed by atoms with van der Waals surface area (Å²) < 4.78 is 11.9. The van der Waals surface area contributed by atoms with Crippen molar-refractivity contribution in [2.45, 2.75) is 60.8 Å². The van der Waals surface area contributed by atoms with E-state index in [1.807, 2.05) is 24.3 Å². The summed E-state index contributed by atoms with van der Waals surface area (Å²) in [5.74, 6) is 1.47. The minimum absolute atomic E-state index is 0.134. The van der Waals surface area contributed by atoms with E-state index >= 15 is 0 Å². The van der Waals surface area contributed by atoms with Crippen molar-refractivity contribution in [3.8, 4) is 11.5 Å². The van der Waals surface area contributed by atoms with E-state index in [0.717, 1.165) is 41.9 Å². The van der Waals surface area contributed by atoms with Crippen molar-refractivity contribution >= 4 is 23.2 Å². The van der Waals surface area contributed by atoms with E-state index in [0.29, 0.717) is 23.3 Å². The molecule has 2 rings (SSSR count). The van der Waals surface area contributed by atoms with Crippen molar-refractivity contribution < 1.29 is 9.47 Å². The highest BCUT2D eigenvalue weighted by molar-refractivity contribution is 6.32. The second kappa shape index (κ2) is 10.1. The Kier molecular flexibility index (Phi) is 8.31. The van der Waals surface area contributed by atoms with E-state index in [1.165, 1.54) is 0 Å². The molecule has 0 saturated carbocycles. The zero-order valence-electron chi connectivity index (χ0n) is 18.6. The summed E-state index contributed by atoms with van der Waals surface area (Å²) in [6.45, 7) is 14.4. The average molecular weight is 437 g/mol. The zero-order valence-corrected chi connectivity index (χ0v) is 20.1. The molecule has 0 N–H and O–H groups in total. The van der Waals surface area contributed by atoms with Crippen LogP contribution in [-0.2, 0) is 6.42 Å². The van der Waals surface area contributed by atoms with E-state index < -0.39 is 0 Å². The molecule has 0 spiro atoms. The van der Waals surface area contributed by atoms with Gasteiger partial charge in [0.1, 0.15) is 11.5 Å². The molecule has 2 aromatic rings. The number of ether oxygens (including phenoxy) is 2. The van der Waals surface area contributed by atoms with Gasteiger partial charge in [-0.15, -0.1) is 0 Å². The normalized spacial score (nSPS) is 12.1. The van der Waals surface area contributed by atoms with Crippen molar-refractivity contribution in [1.82, 2.24) is 0 Å². The van der Waals surface area contributed by atoms with E-state index in [1.54, 1.807) is 0 Å². The van der Waals surface area contributed by atoms with Gasteiger partial charge in [-0.3, -0.25) is 0 Å². The Morgan fingerprint density at radius 1 is 0.690 bits per heavy atom. The van der Waals surface area contributed by atoms with Gasteiger partial charge >= 0.3 is 0 Å². The number of hydrogen-bond acceptors (Lipinski definition) is 2. The van der Waals surface area contributed by atoms with Crippen LogP contribution < -0.4 is 9.47 Å². The van der Waals surface area contributed by atoms with Gasteiger partial charge in [-0.25, -0.2) is 0 Å². The van der Waals surface area contributed by atoms with Gasteiger partial charge in [0.05, 0.1) is 23.3 Å². The second-order valence-electron chi connectivity index (χ2n) is 9.32. The van der Waals surface area contributed by atoms with Gasteiger partial charge in [-0.2, -0.15) is 0 Å². The predicted octanol–water partition coefficient (Wildman–Crippen LogP) is 8.21. The first-order chi connectivity index (χ1) is 13.5. The lowest BCUT2D eigenvalue weighted by Gasteiger charge is -2.23. The Labute approximate surface area is 186 Å². The molecule has 0 atom stereocenters. The van der Waals surface area contributed by atoms with Crippen LogP contribution in [0.25, 0.3) is 0 Å². The number of benzene rings is 2. The molecule has 29 heavy (non-hydrogen) atoms. The van der Waals surface area contributed by atoms with Crippen molar-refractivity contribution in [3.63, 3.8) is 0 Å². The van der Waals surface area contributed by atoms with Crippen LogP contribution in [0.2, 0.25) is 10.0 Å². The van der Waals surface area contributed by atoms with Crippen molar-refractivity contribution in [2.75, 3.05) is 13.2 Å². The number of hydrogen-bond donors (Lipinski definition) is 0. The molecular formula is C25H34Cl2O2. The van der Waals surface area contributed by atoms with Gasteiger partial charge in [0, 0.05) is 0 Å². The molecule has 0 heterocycles. The molecule has 0 aliphatic heterocycles. The molecule has 0 unspecified atom stereocenters. The van der Waals surface area contributed by atoms with Crippen molar-refractivity contribution in [2.24, 2.45) is 10.8 Å². The minimum Gasteiger partial charge on any atom is -0.491 e. The van der Waals surface area contributed by atoms with Crippen LogP contribution in [0, 0.1) is 10.8 Å². The van der Waals surface area contributed by atoms with Crippen LogP contribution in [-0.4, -0.2) is 13.2 Å². The summed E-state index contributed by atoms with van der Waals surface area (Å²) in [6.07, 6.45) is 2.86. The Morgan fingerprint density at radius 2 is 1.07 bits per heavy atom. The fraction of sp³-hybridized carbons (Fsp3) is 0.520. The first-order valence-electron chi connectivity index (χ1n) is 10.4. The van der Waals surface area contributed by atoms with E-state index in [4.69, 9.17) is 32.7 Å². The van der Waals surface area contributed by atoms with Gasteiger partial charge in [0.15, 0.2) is 0 Å². The quantitative estimate of drug-likeness (QED) is 0.373. The van der Waals surface area contributed by atoms with E-state index in [2.05, 4.69) is 53.7 Å². The Morgan fingerprint density at radius 3 is 1.38 bits per heavy atom. The second-order valence-corrected chi connectivity index (χ2v) is 10.1. The fourth-order valence-electron chi connectivity index (χ4n) is 2.53. The van der Waals surface area contributed by atoms with Gasteiger partial charge in [0.25, 0.3) is 0 Å². The lowest BCUT2D eigenvalue weighted by atomic mass is 9.92. The van der Waals surface area contributed by atoms with Gasteiger partial charge in [0.2, 0.25) is 0 Å². The first kappa shape index (κ1) is 23.9. The smallest absolute Gasteiger partial charge is 0.137 e. The van der Waals surface area contributed by atoms with Crippen LogP contribution in [0.1, 0.15) is 65.5 Å². The third kappa shape index (κ3) is 7.42. The first-order valence-corrected chi connectivity index (χ1v) is 11.1. The highest BCUT2D eigenvalue weighted by Crippen LogP contribution is 2.32. The van der Waals surface area contributed by atoms with Crippen LogP contribution in [0.5, 0.6) is 11.5 Å². The van der Waals surface area contributed by atoms with Crippen LogP contribution in [0.4, 0.5) is 0 Å². The molecule has 0 saturated heterocycles. The fourth-order valence-corrected chi connectivity index (χ4v) is 3.04. The standard InChI is InChI=1S/C25H34Cl2O2/c1-7-24(3,4)16-28-22-11-9-18(14-20(22)26)13-19-10-12-23(21(27)15-19)29-17-25(5,6)8-2/h9-12,14-15H,7-8,13,16-17H2,1-6H3. The third-order valence-corrected chi connectivity index (χ3v) is 6.14.